The van der Waals surface area contributed by atoms with Crippen LogP contribution in [-0.4, -0.2) is 53.6 Å². The molecule has 0 aromatic carbocycles. The molecule has 0 bridgehead atoms. The van der Waals surface area contributed by atoms with Gasteiger partial charge in [-0.15, -0.1) is 0 Å². The van der Waals surface area contributed by atoms with Crippen LogP contribution in [0, 0.1) is 0 Å². The second-order valence-electron chi connectivity index (χ2n) is 4.52. The van der Waals surface area contributed by atoms with Gasteiger partial charge in [-0.25, -0.2) is 9.97 Å². The first-order valence-electron chi connectivity index (χ1n) is 6.81. The first kappa shape index (κ1) is 15.0. The number of amides is 1. The summed E-state index contributed by atoms with van der Waals surface area (Å²) in [5, 5.41) is 3.62. The fourth-order valence-corrected chi connectivity index (χ4v) is 2.38. The molecule has 0 atom stereocenters. The summed E-state index contributed by atoms with van der Waals surface area (Å²) >= 11 is 6.01. The van der Waals surface area contributed by atoms with Crippen molar-refractivity contribution in [2.45, 2.75) is 19.8 Å². The van der Waals surface area contributed by atoms with Gasteiger partial charge in [0.2, 0.25) is 5.91 Å². The molecule has 1 aromatic rings. The van der Waals surface area contributed by atoms with E-state index in [9.17, 15) is 4.79 Å². The first-order chi connectivity index (χ1) is 9.72. The molecule has 1 aliphatic heterocycles. The van der Waals surface area contributed by atoms with Crippen molar-refractivity contribution in [1.82, 2.24) is 14.9 Å². The fraction of sp³-hybridized carbons (Fsp3) is 0.615. The lowest BCUT2D eigenvalue weighted by atomic mass is 10.2. The lowest BCUT2D eigenvalue weighted by Crippen LogP contribution is -2.41. The van der Waals surface area contributed by atoms with Gasteiger partial charge < -0.3 is 15.0 Å². The van der Waals surface area contributed by atoms with Gasteiger partial charge in [-0.2, -0.15) is 0 Å². The van der Waals surface area contributed by atoms with E-state index in [-0.39, 0.29) is 5.91 Å². The molecule has 1 saturated heterocycles. The molecule has 20 heavy (non-hydrogen) atoms. The highest BCUT2D eigenvalue weighted by Crippen LogP contribution is 2.19. The van der Waals surface area contributed by atoms with Gasteiger partial charge in [0, 0.05) is 31.6 Å². The number of anilines is 1. The number of hydrogen-bond donors (Lipinski definition) is 1. The first-order valence-corrected chi connectivity index (χ1v) is 7.19. The summed E-state index contributed by atoms with van der Waals surface area (Å²) in [5.41, 5.74) is 0.882. The predicted octanol–water partition coefficient (Wildman–Crippen LogP) is 1.35. The zero-order valence-electron chi connectivity index (χ0n) is 11.6. The summed E-state index contributed by atoms with van der Waals surface area (Å²) in [6.45, 7) is 5.14. The molecule has 0 radical (unpaired) electrons. The topological polar surface area (TPSA) is 67.4 Å². The van der Waals surface area contributed by atoms with E-state index in [1.54, 1.807) is 0 Å². The number of nitrogens with zero attached hydrogens (tertiary/aromatic N) is 3. The maximum absolute atomic E-state index is 12.0. The monoisotopic (exact) mass is 298 g/mol. The molecule has 2 heterocycles. The molecule has 110 valence electrons. The van der Waals surface area contributed by atoms with E-state index in [0.29, 0.717) is 50.2 Å². The maximum atomic E-state index is 12.0. The number of aromatic nitrogens is 2. The second kappa shape index (κ2) is 7.40. The second-order valence-corrected chi connectivity index (χ2v) is 4.87. The van der Waals surface area contributed by atoms with E-state index < -0.39 is 0 Å². The molecule has 1 amide bonds. The minimum Gasteiger partial charge on any atom is -0.378 e. The van der Waals surface area contributed by atoms with Crippen molar-refractivity contribution in [1.29, 1.82) is 0 Å². The molecule has 7 heteroatoms. The quantitative estimate of drug-likeness (QED) is 0.831. The third-order valence-electron chi connectivity index (χ3n) is 3.24. The predicted molar refractivity (Wildman–Crippen MR) is 76.9 cm³/mol. The SMILES string of the molecule is CCc1c(Cl)ncnc1NCCC(=O)N1CCOCC1. The van der Waals surface area contributed by atoms with Gasteiger partial charge in [0.15, 0.2) is 0 Å². The Labute approximate surface area is 123 Å². The third-order valence-corrected chi connectivity index (χ3v) is 3.57. The summed E-state index contributed by atoms with van der Waals surface area (Å²) in [4.78, 5) is 21.9. The Balaban J connectivity index is 1.83. The zero-order valence-corrected chi connectivity index (χ0v) is 12.3. The number of carbonyl (C=O) groups is 1. The summed E-state index contributed by atoms with van der Waals surface area (Å²) < 4.78 is 5.23. The molecule has 0 saturated carbocycles. The number of morpholine rings is 1. The molecular weight excluding hydrogens is 280 g/mol. The summed E-state index contributed by atoms with van der Waals surface area (Å²) in [5.74, 6) is 0.848. The van der Waals surface area contributed by atoms with Crippen LogP contribution in [0.4, 0.5) is 5.82 Å². The van der Waals surface area contributed by atoms with Crippen LogP contribution in [0.1, 0.15) is 18.9 Å². The normalized spacial score (nSPS) is 15.2. The van der Waals surface area contributed by atoms with Gasteiger partial charge in [-0.05, 0) is 6.42 Å². The standard InChI is InChI=1S/C13H19ClN4O2/c1-2-10-12(14)16-9-17-13(10)15-4-3-11(19)18-5-7-20-8-6-18/h9H,2-8H2,1H3,(H,15,16,17). The van der Waals surface area contributed by atoms with Crippen LogP contribution in [0.3, 0.4) is 0 Å². The number of halogens is 1. The minimum absolute atomic E-state index is 0.138. The lowest BCUT2D eigenvalue weighted by Gasteiger charge is -2.26. The van der Waals surface area contributed by atoms with Crippen molar-refractivity contribution >= 4 is 23.3 Å². The number of ether oxygens (including phenoxy) is 1. The Morgan fingerprint density at radius 3 is 2.90 bits per heavy atom. The molecular formula is C13H19ClN4O2. The van der Waals surface area contributed by atoms with E-state index in [4.69, 9.17) is 16.3 Å². The highest BCUT2D eigenvalue weighted by molar-refractivity contribution is 6.30. The molecule has 1 N–H and O–H groups in total. The van der Waals surface area contributed by atoms with Crippen molar-refractivity contribution < 1.29 is 9.53 Å². The van der Waals surface area contributed by atoms with Crippen molar-refractivity contribution in [2.24, 2.45) is 0 Å². The van der Waals surface area contributed by atoms with Crippen LogP contribution in [0.25, 0.3) is 0 Å². The van der Waals surface area contributed by atoms with E-state index >= 15 is 0 Å². The Hall–Kier alpha value is -1.40. The summed E-state index contributed by atoms with van der Waals surface area (Å²) in [7, 11) is 0. The molecule has 6 nitrogen and oxygen atoms in total. The molecule has 0 spiro atoms. The van der Waals surface area contributed by atoms with Gasteiger partial charge in [-0.3, -0.25) is 4.79 Å². The Morgan fingerprint density at radius 1 is 1.45 bits per heavy atom. The zero-order chi connectivity index (χ0) is 14.4. The van der Waals surface area contributed by atoms with Crippen LogP contribution in [-0.2, 0) is 16.0 Å². The average Bonchev–Trinajstić information content (AvgIpc) is 2.48. The van der Waals surface area contributed by atoms with Gasteiger partial charge in [0.05, 0.1) is 13.2 Å². The number of nitrogens with one attached hydrogen (secondary N) is 1. The highest BCUT2D eigenvalue weighted by atomic mass is 35.5. The van der Waals surface area contributed by atoms with Crippen LogP contribution in [0.15, 0.2) is 6.33 Å². The largest absolute Gasteiger partial charge is 0.378 e. The molecule has 0 aliphatic carbocycles. The molecule has 1 aliphatic rings. The number of hydrogen-bond acceptors (Lipinski definition) is 5. The van der Waals surface area contributed by atoms with Crippen LogP contribution >= 0.6 is 11.6 Å². The van der Waals surface area contributed by atoms with Crippen LogP contribution < -0.4 is 5.32 Å². The third kappa shape index (κ3) is 3.80. The molecule has 0 unspecified atom stereocenters. The smallest absolute Gasteiger partial charge is 0.224 e. The minimum atomic E-state index is 0.138. The van der Waals surface area contributed by atoms with Crippen molar-refractivity contribution in [2.75, 3.05) is 38.2 Å². The fourth-order valence-electron chi connectivity index (χ4n) is 2.12. The molecule has 1 aromatic heterocycles. The van der Waals surface area contributed by atoms with E-state index in [2.05, 4.69) is 15.3 Å². The average molecular weight is 299 g/mol. The lowest BCUT2D eigenvalue weighted by molar-refractivity contribution is -0.134. The Morgan fingerprint density at radius 2 is 2.20 bits per heavy atom. The van der Waals surface area contributed by atoms with Gasteiger partial charge >= 0.3 is 0 Å². The summed E-state index contributed by atoms with van der Waals surface area (Å²) in [6.07, 6.45) is 2.61. The van der Waals surface area contributed by atoms with Crippen LogP contribution in [0.2, 0.25) is 5.15 Å². The maximum Gasteiger partial charge on any atom is 0.224 e. The van der Waals surface area contributed by atoms with Crippen LogP contribution in [0.5, 0.6) is 0 Å². The van der Waals surface area contributed by atoms with Crippen molar-refractivity contribution in [3.8, 4) is 0 Å². The van der Waals surface area contributed by atoms with Gasteiger partial charge in [0.1, 0.15) is 17.3 Å². The number of rotatable bonds is 5. The number of carbonyl (C=O) groups excluding carboxylic acids is 1. The van der Waals surface area contributed by atoms with Gasteiger partial charge in [-0.1, -0.05) is 18.5 Å². The molecule has 1 fully saturated rings. The van der Waals surface area contributed by atoms with Crippen molar-refractivity contribution in [3.63, 3.8) is 0 Å². The van der Waals surface area contributed by atoms with E-state index in [0.717, 1.165) is 12.0 Å². The molecule has 2 rings (SSSR count). The van der Waals surface area contributed by atoms with E-state index in [1.807, 2.05) is 11.8 Å². The van der Waals surface area contributed by atoms with Gasteiger partial charge in [0.25, 0.3) is 0 Å². The summed E-state index contributed by atoms with van der Waals surface area (Å²) in [6, 6.07) is 0. The Kier molecular flexibility index (Phi) is 5.55. The van der Waals surface area contributed by atoms with E-state index in [1.165, 1.54) is 6.33 Å². The van der Waals surface area contributed by atoms with Crippen molar-refractivity contribution in [3.05, 3.63) is 17.0 Å². The Bertz CT molecular complexity index is 464. The highest BCUT2D eigenvalue weighted by Gasteiger charge is 2.16.